The number of amides is 2. The molecule has 0 fully saturated rings. The van der Waals surface area contributed by atoms with Gasteiger partial charge in [-0.25, -0.2) is 8.42 Å². The normalized spacial score (nSPS) is 12.0. The summed E-state index contributed by atoms with van der Waals surface area (Å²) in [6, 6.07) is 29.2. The van der Waals surface area contributed by atoms with Gasteiger partial charge in [0.1, 0.15) is 24.1 Å². The Bertz CT molecular complexity index is 1710. The van der Waals surface area contributed by atoms with Crippen molar-refractivity contribution in [1.82, 2.24) is 10.2 Å². The molecule has 4 rings (SSSR count). The molecule has 0 unspecified atom stereocenters. The summed E-state index contributed by atoms with van der Waals surface area (Å²) in [5, 5.41) is 2.96. The van der Waals surface area contributed by atoms with Crippen LogP contribution in [0.3, 0.4) is 0 Å². The Hall–Kier alpha value is -4.63. The third-order valence-electron chi connectivity index (χ3n) is 7.66. The lowest BCUT2D eigenvalue weighted by Gasteiger charge is -2.33. The van der Waals surface area contributed by atoms with Gasteiger partial charge in [0.25, 0.3) is 10.0 Å². The molecule has 1 N–H and O–H groups in total. The number of nitrogens with one attached hydrogen (secondary N) is 1. The van der Waals surface area contributed by atoms with Crippen molar-refractivity contribution < 1.29 is 22.7 Å². The molecule has 0 spiro atoms. The fourth-order valence-electron chi connectivity index (χ4n) is 4.98. The average molecular weight is 642 g/mol. The summed E-state index contributed by atoms with van der Waals surface area (Å²) in [7, 11) is -4.18. The van der Waals surface area contributed by atoms with Crippen molar-refractivity contribution in [2.75, 3.05) is 17.4 Å². The highest BCUT2D eigenvalue weighted by Gasteiger charge is 2.34. The Kier molecular flexibility index (Phi) is 11.6. The topological polar surface area (TPSA) is 96.0 Å². The molecular weight excluding hydrogens is 598 g/mol. The Labute approximate surface area is 273 Å². The van der Waals surface area contributed by atoms with Crippen LogP contribution in [-0.4, -0.2) is 44.3 Å². The lowest BCUT2D eigenvalue weighted by Crippen LogP contribution is -2.52. The van der Waals surface area contributed by atoms with E-state index in [0.29, 0.717) is 30.2 Å². The van der Waals surface area contributed by atoms with Gasteiger partial charge in [-0.2, -0.15) is 0 Å². The van der Waals surface area contributed by atoms with Crippen LogP contribution in [0.25, 0.3) is 0 Å². The molecule has 0 saturated carbocycles. The number of nitrogens with zero attached hydrogens (tertiary/aromatic N) is 2. The van der Waals surface area contributed by atoms with Gasteiger partial charge >= 0.3 is 0 Å². The minimum Gasteiger partial charge on any atom is -0.457 e. The first-order chi connectivity index (χ1) is 22.0. The predicted octanol–water partition coefficient (Wildman–Crippen LogP) is 6.87. The molecule has 0 saturated heterocycles. The summed E-state index contributed by atoms with van der Waals surface area (Å²) in [6.45, 7) is 9.79. The molecule has 0 heterocycles. The van der Waals surface area contributed by atoms with E-state index in [1.807, 2.05) is 89.2 Å². The second-order valence-corrected chi connectivity index (χ2v) is 13.6. The smallest absolute Gasteiger partial charge is 0.264 e. The molecule has 0 bridgehead atoms. The van der Waals surface area contributed by atoms with Crippen LogP contribution in [0.5, 0.6) is 11.5 Å². The quantitative estimate of drug-likeness (QED) is 0.162. The zero-order valence-corrected chi connectivity index (χ0v) is 28.0. The number of ether oxygens (including phenoxy) is 1. The van der Waals surface area contributed by atoms with Crippen LogP contribution in [0, 0.1) is 19.8 Å². The first kappa shape index (κ1) is 34.2. The van der Waals surface area contributed by atoms with Crippen molar-refractivity contribution in [2.45, 2.75) is 58.5 Å². The van der Waals surface area contributed by atoms with E-state index < -0.39 is 28.5 Å². The van der Waals surface area contributed by atoms with Gasteiger partial charge in [-0.05, 0) is 85.8 Å². The van der Waals surface area contributed by atoms with E-state index in [1.54, 1.807) is 36.4 Å². The summed E-state index contributed by atoms with van der Waals surface area (Å²) >= 11 is 0. The highest BCUT2D eigenvalue weighted by molar-refractivity contribution is 7.92. The summed E-state index contributed by atoms with van der Waals surface area (Å²) in [5.74, 6) is 0.625. The third-order valence-corrected chi connectivity index (χ3v) is 9.45. The number of sulfonamides is 1. The molecule has 2 amide bonds. The fraction of sp³-hybridized carbons (Fsp3) is 0.297. The van der Waals surface area contributed by atoms with Gasteiger partial charge in [0.2, 0.25) is 11.8 Å². The van der Waals surface area contributed by atoms with Crippen molar-refractivity contribution in [3.05, 3.63) is 120 Å². The maximum absolute atomic E-state index is 14.3. The van der Waals surface area contributed by atoms with Gasteiger partial charge in [-0.15, -0.1) is 0 Å². The first-order valence-electron chi connectivity index (χ1n) is 15.5. The Morgan fingerprint density at radius 2 is 1.41 bits per heavy atom. The number of aryl methyl sites for hydroxylation is 2. The van der Waals surface area contributed by atoms with Crippen LogP contribution in [0.15, 0.2) is 108 Å². The third kappa shape index (κ3) is 8.75. The summed E-state index contributed by atoms with van der Waals surface area (Å²) in [4.78, 5) is 29.3. The molecular formula is C37H43N3O5S. The van der Waals surface area contributed by atoms with Crippen LogP contribution in [0.1, 0.15) is 43.9 Å². The minimum absolute atomic E-state index is 0.0580. The van der Waals surface area contributed by atoms with Gasteiger partial charge in [0.05, 0.1) is 10.6 Å². The predicted molar refractivity (Wildman–Crippen MR) is 182 cm³/mol. The van der Waals surface area contributed by atoms with E-state index in [4.69, 9.17) is 4.74 Å². The van der Waals surface area contributed by atoms with E-state index in [2.05, 4.69) is 5.32 Å². The van der Waals surface area contributed by atoms with E-state index in [9.17, 15) is 18.0 Å². The van der Waals surface area contributed by atoms with Gasteiger partial charge < -0.3 is 15.0 Å². The lowest BCUT2D eigenvalue weighted by atomic mass is 10.1. The molecule has 8 nitrogen and oxygen atoms in total. The van der Waals surface area contributed by atoms with Gasteiger partial charge in [0, 0.05) is 13.1 Å². The lowest BCUT2D eigenvalue weighted by molar-refractivity contribution is -0.140. The molecule has 0 aliphatic carbocycles. The molecule has 9 heteroatoms. The second kappa shape index (κ2) is 15.6. The van der Waals surface area contributed by atoms with Crippen molar-refractivity contribution >= 4 is 27.5 Å². The molecule has 242 valence electrons. The molecule has 1 atom stereocenters. The van der Waals surface area contributed by atoms with Crippen LogP contribution >= 0.6 is 0 Å². The number of carbonyl (C=O) groups excluding carboxylic acids is 2. The number of para-hydroxylation sites is 1. The van der Waals surface area contributed by atoms with E-state index >= 15 is 0 Å². The maximum Gasteiger partial charge on any atom is 0.264 e. The van der Waals surface area contributed by atoms with Crippen molar-refractivity contribution in [3.63, 3.8) is 0 Å². The standard InChI is InChI=1S/C37H43N3O5S/c1-6-35(37(42)38-24-27(2)3)39(25-30-13-11-10-12-29(30)5)36(41)26-40(46(43,44)34-22-16-28(4)17-23-34)31-18-20-33(21-19-31)45-32-14-8-7-9-15-32/h7-23,27,35H,6,24-26H2,1-5H3,(H,38,42)/t35-/m1/s1. The number of hydrogen-bond donors (Lipinski definition) is 1. The summed E-state index contributed by atoms with van der Waals surface area (Å²) in [5.41, 5.74) is 3.05. The van der Waals surface area contributed by atoms with Gasteiger partial charge in [-0.3, -0.25) is 13.9 Å². The van der Waals surface area contributed by atoms with Crippen LogP contribution < -0.4 is 14.4 Å². The first-order valence-corrected chi connectivity index (χ1v) is 17.0. The average Bonchev–Trinajstić information content (AvgIpc) is 3.04. The van der Waals surface area contributed by atoms with Crippen LogP contribution in [0.4, 0.5) is 5.69 Å². The monoisotopic (exact) mass is 641 g/mol. The highest BCUT2D eigenvalue weighted by Crippen LogP contribution is 2.29. The zero-order chi connectivity index (χ0) is 33.3. The van der Waals surface area contributed by atoms with Crippen molar-refractivity contribution in [1.29, 1.82) is 0 Å². The maximum atomic E-state index is 14.3. The summed E-state index contributed by atoms with van der Waals surface area (Å²) < 4.78 is 35.4. The molecule has 46 heavy (non-hydrogen) atoms. The zero-order valence-electron chi connectivity index (χ0n) is 27.1. The molecule has 0 aliphatic heterocycles. The highest BCUT2D eigenvalue weighted by atomic mass is 32.2. The van der Waals surface area contributed by atoms with Crippen molar-refractivity contribution in [2.24, 2.45) is 5.92 Å². The number of rotatable bonds is 14. The molecule has 0 radical (unpaired) electrons. The van der Waals surface area contributed by atoms with E-state index in [-0.39, 0.29) is 23.3 Å². The Morgan fingerprint density at radius 3 is 2.02 bits per heavy atom. The Balaban J connectivity index is 1.73. The molecule has 4 aromatic rings. The van der Waals surface area contributed by atoms with Crippen molar-refractivity contribution in [3.8, 4) is 11.5 Å². The summed E-state index contributed by atoms with van der Waals surface area (Å²) in [6.07, 6.45) is 0.359. The van der Waals surface area contributed by atoms with E-state index in [1.165, 1.54) is 17.0 Å². The number of hydrogen-bond acceptors (Lipinski definition) is 5. The number of anilines is 1. The van der Waals surface area contributed by atoms with Crippen LogP contribution in [0.2, 0.25) is 0 Å². The molecule has 0 aromatic heterocycles. The van der Waals surface area contributed by atoms with Gasteiger partial charge in [0.15, 0.2) is 0 Å². The van der Waals surface area contributed by atoms with Gasteiger partial charge in [-0.1, -0.05) is 80.9 Å². The number of carbonyl (C=O) groups is 2. The molecule has 4 aromatic carbocycles. The minimum atomic E-state index is -4.18. The molecule has 0 aliphatic rings. The van der Waals surface area contributed by atoms with Crippen LogP contribution in [-0.2, 0) is 26.2 Å². The largest absolute Gasteiger partial charge is 0.457 e. The fourth-order valence-corrected chi connectivity index (χ4v) is 6.40. The second-order valence-electron chi connectivity index (χ2n) is 11.7. The Morgan fingerprint density at radius 1 is 0.804 bits per heavy atom. The SMILES string of the molecule is CC[C@H](C(=O)NCC(C)C)N(Cc1ccccc1C)C(=O)CN(c1ccc(Oc2ccccc2)cc1)S(=O)(=O)c1ccc(C)cc1. The van der Waals surface area contributed by atoms with E-state index in [0.717, 1.165) is 21.0 Å². The number of benzene rings is 4.